The number of benzene rings is 2. The Labute approximate surface area is 208 Å². The lowest BCUT2D eigenvalue weighted by Crippen LogP contribution is -2.49. The van der Waals surface area contributed by atoms with E-state index >= 15 is 0 Å². The predicted octanol–water partition coefficient (Wildman–Crippen LogP) is 3.45. The largest absolute Gasteiger partial charge is 0.480 e. The smallest absolute Gasteiger partial charge is 0.407 e. The van der Waals surface area contributed by atoms with Crippen LogP contribution in [0.4, 0.5) is 4.79 Å². The first-order valence-electron chi connectivity index (χ1n) is 11.8. The fourth-order valence-electron chi connectivity index (χ4n) is 5.22. The van der Waals surface area contributed by atoms with Crippen LogP contribution in [-0.4, -0.2) is 70.5 Å². The van der Waals surface area contributed by atoms with Crippen LogP contribution in [0.25, 0.3) is 11.1 Å². The molecule has 0 radical (unpaired) electrons. The predicted molar refractivity (Wildman–Crippen MR) is 131 cm³/mol. The summed E-state index contributed by atoms with van der Waals surface area (Å²) in [6, 6.07) is 15.5. The molecule has 4 atom stereocenters. The van der Waals surface area contributed by atoms with Gasteiger partial charge in [-0.2, -0.15) is 0 Å². The van der Waals surface area contributed by atoms with E-state index in [9.17, 15) is 19.5 Å². The molecule has 0 spiro atoms. The van der Waals surface area contributed by atoms with Crippen molar-refractivity contribution in [1.29, 1.82) is 0 Å². The van der Waals surface area contributed by atoms with Crippen LogP contribution < -0.4 is 5.32 Å². The minimum atomic E-state index is -0.998. The lowest BCUT2D eigenvalue weighted by atomic mass is 9.98. The van der Waals surface area contributed by atoms with E-state index in [2.05, 4.69) is 29.6 Å². The number of carbonyl (C=O) groups is 3. The van der Waals surface area contributed by atoms with Crippen LogP contribution in [0.2, 0.25) is 0 Å². The summed E-state index contributed by atoms with van der Waals surface area (Å²) in [6.45, 7) is 2.29. The minimum Gasteiger partial charge on any atom is -0.480 e. The second-order valence-electron chi connectivity index (χ2n) is 9.06. The monoisotopic (exact) mass is 496 g/mol. The van der Waals surface area contributed by atoms with Gasteiger partial charge in [-0.25, -0.2) is 9.59 Å². The summed E-state index contributed by atoms with van der Waals surface area (Å²) in [5, 5.41) is 12.0. The number of alkyl carbamates (subject to hydrolysis) is 1. The molecule has 4 unspecified atom stereocenters. The number of nitrogens with zero attached hydrogens (tertiary/aromatic N) is 1. The fourth-order valence-corrected chi connectivity index (χ4v) is 6.39. The highest BCUT2D eigenvalue weighted by Crippen LogP contribution is 2.44. The normalized spacial score (nSPS) is 25.2. The third kappa shape index (κ3) is 4.62. The average Bonchev–Trinajstić information content (AvgIpc) is 3.57. The van der Waals surface area contributed by atoms with Crippen molar-refractivity contribution in [2.75, 3.05) is 18.9 Å². The number of fused-ring (bicyclic) bond motifs is 3. The summed E-state index contributed by atoms with van der Waals surface area (Å²) in [7, 11) is 0. The number of carbonyl (C=O) groups excluding carboxylic acids is 2. The molecule has 2 N–H and O–H groups in total. The molecule has 35 heavy (non-hydrogen) atoms. The van der Waals surface area contributed by atoms with E-state index in [0.717, 1.165) is 11.1 Å². The zero-order chi connectivity index (χ0) is 24.5. The van der Waals surface area contributed by atoms with Crippen LogP contribution in [0.1, 0.15) is 36.8 Å². The Bertz CT molecular complexity index is 1090. The van der Waals surface area contributed by atoms with Crippen molar-refractivity contribution < 1.29 is 29.0 Å². The quantitative estimate of drug-likeness (QED) is 0.631. The molecule has 1 aliphatic carbocycles. The van der Waals surface area contributed by atoms with Gasteiger partial charge < -0.3 is 24.8 Å². The van der Waals surface area contributed by atoms with Crippen molar-refractivity contribution in [3.05, 3.63) is 59.7 Å². The number of aliphatic carboxylic acids is 1. The van der Waals surface area contributed by atoms with Crippen molar-refractivity contribution in [1.82, 2.24) is 10.2 Å². The number of ether oxygens (including phenoxy) is 2. The second-order valence-corrected chi connectivity index (χ2v) is 10.4. The first kappa shape index (κ1) is 23.7. The minimum absolute atomic E-state index is 0.0135. The van der Waals surface area contributed by atoms with Crippen LogP contribution in [0.5, 0.6) is 0 Å². The van der Waals surface area contributed by atoms with Crippen LogP contribution in [0.3, 0.4) is 0 Å². The molecule has 2 aliphatic heterocycles. The standard InChI is InChI=1S/C26H28N2O6S/c1-15-28(22(14-35-15)25(30)31)24(29)23-11-10-16(34-23)12-27-26(32)33-13-21-19-8-4-2-6-17(19)18-7-3-5-9-20(18)21/h2-9,15-16,21-23H,10-14H2,1H3,(H,27,32)(H,30,31). The molecule has 184 valence electrons. The zero-order valence-corrected chi connectivity index (χ0v) is 20.2. The second kappa shape index (κ2) is 9.91. The number of rotatable bonds is 6. The lowest BCUT2D eigenvalue weighted by molar-refractivity contribution is -0.154. The number of hydrogen-bond acceptors (Lipinski definition) is 6. The van der Waals surface area contributed by atoms with Gasteiger partial charge in [0.05, 0.1) is 11.5 Å². The van der Waals surface area contributed by atoms with Crippen LogP contribution in [-0.2, 0) is 19.1 Å². The molecule has 2 aromatic rings. The van der Waals surface area contributed by atoms with Crippen molar-refractivity contribution >= 4 is 29.7 Å². The maximum atomic E-state index is 12.9. The summed E-state index contributed by atoms with van der Waals surface area (Å²) in [5.74, 6) is -0.928. The van der Waals surface area contributed by atoms with Gasteiger partial charge in [0.15, 0.2) is 0 Å². The topological polar surface area (TPSA) is 105 Å². The van der Waals surface area contributed by atoms with Gasteiger partial charge >= 0.3 is 12.1 Å². The highest BCUT2D eigenvalue weighted by Gasteiger charge is 2.44. The molecule has 2 saturated heterocycles. The molecule has 2 amide bonds. The van der Waals surface area contributed by atoms with E-state index in [1.807, 2.05) is 31.2 Å². The molecule has 8 nitrogen and oxygen atoms in total. The van der Waals surface area contributed by atoms with Gasteiger partial charge in [0, 0.05) is 18.2 Å². The molecule has 2 fully saturated rings. The summed E-state index contributed by atoms with van der Waals surface area (Å²) in [4.78, 5) is 38.3. The SMILES string of the molecule is CC1SCC(C(=O)O)N1C(=O)C1CCC(CNC(=O)OCC2c3ccccc3-c3ccccc32)O1. The Hall–Kier alpha value is -3.04. The van der Waals surface area contributed by atoms with Gasteiger partial charge in [0.25, 0.3) is 5.91 Å². The first-order chi connectivity index (χ1) is 16.9. The number of amides is 2. The summed E-state index contributed by atoms with van der Waals surface area (Å²) >= 11 is 1.45. The molecule has 0 aromatic heterocycles. The van der Waals surface area contributed by atoms with E-state index in [-0.39, 0.29) is 36.5 Å². The Balaban J connectivity index is 1.12. The fraction of sp³-hybridized carbons (Fsp3) is 0.423. The number of hydrogen-bond donors (Lipinski definition) is 2. The molecular weight excluding hydrogens is 468 g/mol. The number of carboxylic acid groups (broad SMARTS) is 1. The summed E-state index contributed by atoms with van der Waals surface area (Å²) < 4.78 is 11.4. The van der Waals surface area contributed by atoms with Crippen molar-refractivity contribution in [2.24, 2.45) is 0 Å². The average molecular weight is 497 g/mol. The highest BCUT2D eigenvalue weighted by molar-refractivity contribution is 8.00. The van der Waals surface area contributed by atoms with Crippen molar-refractivity contribution in [3.8, 4) is 11.1 Å². The first-order valence-corrected chi connectivity index (χ1v) is 12.9. The van der Waals surface area contributed by atoms with Crippen LogP contribution in [0, 0.1) is 0 Å². The Morgan fingerprint density at radius 2 is 1.74 bits per heavy atom. The molecule has 5 rings (SSSR count). The Kier molecular flexibility index (Phi) is 6.71. The van der Waals surface area contributed by atoms with E-state index in [1.165, 1.54) is 27.8 Å². The van der Waals surface area contributed by atoms with Gasteiger partial charge in [-0.3, -0.25) is 4.79 Å². The van der Waals surface area contributed by atoms with Crippen molar-refractivity contribution in [2.45, 2.75) is 49.3 Å². The van der Waals surface area contributed by atoms with Crippen LogP contribution in [0.15, 0.2) is 48.5 Å². The van der Waals surface area contributed by atoms with Gasteiger partial charge in [0.1, 0.15) is 18.8 Å². The number of nitrogens with one attached hydrogen (secondary N) is 1. The van der Waals surface area contributed by atoms with Gasteiger partial charge in [0.2, 0.25) is 0 Å². The van der Waals surface area contributed by atoms with E-state index in [1.54, 1.807) is 0 Å². The molecule has 2 heterocycles. The van der Waals surface area contributed by atoms with E-state index in [4.69, 9.17) is 9.47 Å². The summed E-state index contributed by atoms with van der Waals surface area (Å²) in [5.41, 5.74) is 4.64. The summed E-state index contributed by atoms with van der Waals surface area (Å²) in [6.07, 6.45) is -0.435. The Morgan fingerprint density at radius 3 is 2.40 bits per heavy atom. The highest BCUT2D eigenvalue weighted by atomic mass is 32.2. The maximum absolute atomic E-state index is 12.9. The third-order valence-corrected chi connectivity index (χ3v) is 8.18. The number of thioether (sulfide) groups is 1. The molecular formula is C26H28N2O6S. The number of carboxylic acids is 1. The van der Waals surface area contributed by atoms with Gasteiger partial charge in [-0.05, 0) is 42.0 Å². The molecule has 3 aliphatic rings. The molecule has 0 bridgehead atoms. The third-order valence-electron chi connectivity index (χ3n) is 6.96. The van der Waals surface area contributed by atoms with Gasteiger partial charge in [-0.15, -0.1) is 11.8 Å². The van der Waals surface area contributed by atoms with Crippen molar-refractivity contribution in [3.63, 3.8) is 0 Å². The van der Waals surface area contributed by atoms with E-state index in [0.29, 0.717) is 18.6 Å². The zero-order valence-electron chi connectivity index (χ0n) is 19.4. The maximum Gasteiger partial charge on any atom is 0.407 e. The van der Waals surface area contributed by atoms with Gasteiger partial charge in [-0.1, -0.05) is 48.5 Å². The Morgan fingerprint density at radius 1 is 1.09 bits per heavy atom. The van der Waals surface area contributed by atoms with E-state index < -0.39 is 24.2 Å². The van der Waals surface area contributed by atoms with Crippen LogP contribution >= 0.6 is 11.8 Å². The molecule has 2 aromatic carbocycles. The lowest BCUT2D eigenvalue weighted by Gasteiger charge is -2.27. The molecule has 9 heteroatoms. The molecule has 0 saturated carbocycles.